The zero-order valence-corrected chi connectivity index (χ0v) is 18.8. The van der Waals surface area contributed by atoms with Crippen molar-refractivity contribution in [2.24, 2.45) is 5.92 Å². The second kappa shape index (κ2) is 9.45. The fourth-order valence-electron chi connectivity index (χ4n) is 4.54. The summed E-state index contributed by atoms with van der Waals surface area (Å²) in [7, 11) is 0. The summed E-state index contributed by atoms with van der Waals surface area (Å²) in [5, 5.41) is 12.0. The van der Waals surface area contributed by atoms with Crippen LogP contribution < -0.4 is 0 Å². The second-order valence-electron chi connectivity index (χ2n) is 8.95. The summed E-state index contributed by atoms with van der Waals surface area (Å²) < 4.78 is 0. The predicted octanol–water partition coefficient (Wildman–Crippen LogP) is 4.71. The third-order valence-corrected chi connectivity index (χ3v) is 6.13. The van der Waals surface area contributed by atoms with E-state index in [1.54, 1.807) is 17.0 Å². The van der Waals surface area contributed by atoms with E-state index < -0.39 is 30.0 Å². The molecule has 2 atom stereocenters. The molecule has 2 unspecified atom stereocenters. The molecule has 1 aliphatic rings. The topological polar surface area (TPSA) is 77.9 Å². The zero-order chi connectivity index (χ0) is 23.5. The van der Waals surface area contributed by atoms with Gasteiger partial charge in [-0.1, -0.05) is 86.6 Å². The Hall–Kier alpha value is -3.67. The molecule has 0 spiro atoms. The molecule has 0 aliphatic carbocycles. The first kappa shape index (κ1) is 22.5. The Morgan fingerprint density at radius 2 is 1.61 bits per heavy atom. The Morgan fingerprint density at radius 1 is 0.939 bits per heavy atom. The Morgan fingerprint density at radius 3 is 2.30 bits per heavy atom. The van der Waals surface area contributed by atoms with Gasteiger partial charge < -0.3 is 10.0 Å². The number of aliphatic carboxylic acids is 1. The summed E-state index contributed by atoms with van der Waals surface area (Å²) in [5.41, 5.74) is 1.69. The Labute approximate surface area is 193 Å². The van der Waals surface area contributed by atoms with Crippen LogP contribution in [0.5, 0.6) is 0 Å². The summed E-state index contributed by atoms with van der Waals surface area (Å²) in [6.45, 7) is 4.24. The Balaban J connectivity index is 1.69. The minimum Gasteiger partial charge on any atom is -0.480 e. The van der Waals surface area contributed by atoms with Crippen LogP contribution in [0.1, 0.15) is 31.4 Å². The summed E-state index contributed by atoms with van der Waals surface area (Å²) >= 11 is 0. The number of hydrogen-bond donors (Lipinski definition) is 1. The lowest BCUT2D eigenvalue weighted by Crippen LogP contribution is -2.47. The largest absolute Gasteiger partial charge is 0.480 e. The molecule has 3 aromatic rings. The molecule has 3 amide bonds. The van der Waals surface area contributed by atoms with Crippen LogP contribution in [0, 0.1) is 5.92 Å². The van der Waals surface area contributed by atoms with Crippen molar-refractivity contribution in [3.8, 4) is 0 Å². The molecule has 6 heteroatoms. The van der Waals surface area contributed by atoms with Gasteiger partial charge in [0.15, 0.2) is 0 Å². The van der Waals surface area contributed by atoms with Crippen molar-refractivity contribution in [3.05, 3.63) is 83.9 Å². The number of imide groups is 1. The van der Waals surface area contributed by atoms with E-state index in [4.69, 9.17) is 0 Å². The van der Waals surface area contributed by atoms with Crippen molar-refractivity contribution >= 4 is 28.7 Å². The molecule has 1 heterocycles. The van der Waals surface area contributed by atoms with Gasteiger partial charge in [-0.15, -0.1) is 0 Å². The number of carboxylic acids is 1. The van der Waals surface area contributed by atoms with Crippen LogP contribution in [-0.2, 0) is 22.6 Å². The lowest BCUT2D eigenvalue weighted by atomic mass is 10.00. The van der Waals surface area contributed by atoms with Gasteiger partial charge in [-0.3, -0.25) is 4.79 Å². The molecule has 0 aromatic heterocycles. The normalized spacial score (nSPS) is 17.2. The SMILES string of the molecule is CC(C)CC1C(=O)N(C(Cc2ccccc2)C(=O)O)C(=O)N1Cc1cccc2ccccc12. The highest BCUT2D eigenvalue weighted by atomic mass is 16.4. The number of carboxylic acid groups (broad SMARTS) is 1. The van der Waals surface area contributed by atoms with Crippen molar-refractivity contribution in [2.75, 3.05) is 0 Å². The third-order valence-electron chi connectivity index (χ3n) is 6.13. The quantitative estimate of drug-likeness (QED) is 0.510. The molecular formula is C27H28N2O4. The first-order valence-electron chi connectivity index (χ1n) is 11.2. The van der Waals surface area contributed by atoms with E-state index in [0.717, 1.165) is 26.8 Å². The molecule has 1 aliphatic heterocycles. The molecular weight excluding hydrogens is 416 g/mol. The highest BCUT2D eigenvalue weighted by molar-refractivity contribution is 6.07. The van der Waals surface area contributed by atoms with Crippen LogP contribution in [0.25, 0.3) is 10.8 Å². The first-order valence-corrected chi connectivity index (χ1v) is 11.2. The summed E-state index contributed by atoms with van der Waals surface area (Å²) in [4.78, 5) is 41.7. The van der Waals surface area contributed by atoms with Gasteiger partial charge >= 0.3 is 12.0 Å². The van der Waals surface area contributed by atoms with Crippen LogP contribution in [0.4, 0.5) is 4.79 Å². The monoisotopic (exact) mass is 444 g/mol. The molecule has 1 N–H and O–H groups in total. The molecule has 0 radical (unpaired) electrons. The number of benzene rings is 3. The second-order valence-corrected chi connectivity index (χ2v) is 8.95. The van der Waals surface area contributed by atoms with E-state index in [-0.39, 0.29) is 18.9 Å². The molecule has 6 nitrogen and oxygen atoms in total. The number of fused-ring (bicyclic) bond motifs is 1. The number of carbonyl (C=O) groups is 3. The fourth-order valence-corrected chi connectivity index (χ4v) is 4.54. The van der Waals surface area contributed by atoms with E-state index >= 15 is 0 Å². The molecule has 33 heavy (non-hydrogen) atoms. The van der Waals surface area contributed by atoms with Crippen molar-refractivity contribution in [1.29, 1.82) is 0 Å². The van der Waals surface area contributed by atoms with Crippen LogP contribution >= 0.6 is 0 Å². The van der Waals surface area contributed by atoms with Crippen LogP contribution in [-0.4, -0.2) is 44.9 Å². The van der Waals surface area contributed by atoms with Crippen molar-refractivity contribution in [1.82, 2.24) is 9.80 Å². The lowest BCUT2D eigenvalue weighted by Gasteiger charge is -2.24. The molecule has 4 rings (SSSR count). The summed E-state index contributed by atoms with van der Waals surface area (Å²) in [5.74, 6) is -1.45. The minimum absolute atomic E-state index is 0.0736. The molecule has 1 saturated heterocycles. The first-order chi connectivity index (χ1) is 15.9. The number of carbonyl (C=O) groups excluding carboxylic acids is 2. The van der Waals surface area contributed by atoms with Gasteiger partial charge in [0.1, 0.15) is 12.1 Å². The van der Waals surface area contributed by atoms with Gasteiger partial charge in [-0.05, 0) is 34.2 Å². The van der Waals surface area contributed by atoms with Crippen LogP contribution in [0.15, 0.2) is 72.8 Å². The van der Waals surface area contributed by atoms with E-state index in [9.17, 15) is 19.5 Å². The molecule has 0 bridgehead atoms. The fraction of sp³-hybridized carbons (Fsp3) is 0.296. The van der Waals surface area contributed by atoms with Crippen molar-refractivity contribution in [2.45, 2.75) is 45.3 Å². The minimum atomic E-state index is -1.25. The van der Waals surface area contributed by atoms with Crippen LogP contribution in [0.2, 0.25) is 0 Å². The lowest BCUT2D eigenvalue weighted by molar-refractivity contribution is -0.146. The zero-order valence-electron chi connectivity index (χ0n) is 18.8. The summed E-state index contributed by atoms with van der Waals surface area (Å²) in [6.07, 6.45) is 0.549. The van der Waals surface area contributed by atoms with Gasteiger partial charge in [0.05, 0.1) is 0 Å². The van der Waals surface area contributed by atoms with Gasteiger partial charge in [-0.25, -0.2) is 14.5 Å². The van der Waals surface area contributed by atoms with Gasteiger partial charge in [0, 0.05) is 13.0 Å². The van der Waals surface area contributed by atoms with E-state index in [1.165, 1.54) is 0 Å². The smallest absolute Gasteiger partial charge is 0.328 e. The van der Waals surface area contributed by atoms with Crippen molar-refractivity contribution in [3.63, 3.8) is 0 Å². The van der Waals surface area contributed by atoms with Gasteiger partial charge in [0.25, 0.3) is 5.91 Å². The van der Waals surface area contributed by atoms with Gasteiger partial charge in [-0.2, -0.15) is 0 Å². The van der Waals surface area contributed by atoms with Crippen LogP contribution in [0.3, 0.4) is 0 Å². The highest BCUT2D eigenvalue weighted by Crippen LogP contribution is 2.30. The highest BCUT2D eigenvalue weighted by Gasteiger charge is 2.49. The molecule has 1 fully saturated rings. The van der Waals surface area contributed by atoms with E-state index in [1.807, 2.05) is 74.5 Å². The number of urea groups is 1. The number of amides is 3. The maximum atomic E-state index is 13.6. The van der Waals surface area contributed by atoms with E-state index in [2.05, 4.69) is 0 Å². The average molecular weight is 445 g/mol. The maximum Gasteiger partial charge on any atom is 0.328 e. The predicted molar refractivity (Wildman–Crippen MR) is 127 cm³/mol. The Kier molecular flexibility index (Phi) is 6.45. The average Bonchev–Trinajstić information content (AvgIpc) is 3.02. The van der Waals surface area contributed by atoms with E-state index in [0.29, 0.717) is 6.42 Å². The molecule has 170 valence electrons. The Bertz CT molecular complexity index is 1170. The van der Waals surface area contributed by atoms with Crippen molar-refractivity contribution < 1.29 is 19.5 Å². The number of nitrogens with zero attached hydrogens (tertiary/aromatic N) is 2. The third kappa shape index (κ3) is 4.60. The number of hydrogen-bond acceptors (Lipinski definition) is 3. The molecule has 3 aromatic carbocycles. The van der Waals surface area contributed by atoms with Gasteiger partial charge in [0.2, 0.25) is 0 Å². The summed E-state index contributed by atoms with van der Waals surface area (Å²) in [6, 6.07) is 20.4. The maximum absolute atomic E-state index is 13.6. The number of rotatable bonds is 8. The standard InChI is InChI=1S/C27H28N2O4/c1-18(2)15-23-25(30)29(24(26(31)32)16-19-9-4-3-5-10-19)27(33)28(23)17-21-13-8-12-20-11-6-7-14-22(20)21/h3-14,18,23-24H,15-17H2,1-2H3,(H,31,32). The molecule has 0 saturated carbocycles.